The van der Waals surface area contributed by atoms with E-state index in [2.05, 4.69) is 10.3 Å². The Morgan fingerprint density at radius 2 is 2.08 bits per heavy atom. The predicted molar refractivity (Wildman–Crippen MR) is 94.3 cm³/mol. The van der Waals surface area contributed by atoms with Crippen LogP contribution in [0.2, 0.25) is 5.02 Å². The van der Waals surface area contributed by atoms with Crippen LogP contribution >= 0.6 is 11.6 Å². The number of hydrogen-bond donors (Lipinski definition) is 1. The summed E-state index contributed by atoms with van der Waals surface area (Å²) >= 11 is 6.14. The van der Waals surface area contributed by atoms with Crippen molar-refractivity contribution in [2.24, 2.45) is 5.92 Å². The van der Waals surface area contributed by atoms with Crippen LogP contribution in [-0.4, -0.2) is 23.3 Å². The third kappa shape index (κ3) is 3.41. The van der Waals surface area contributed by atoms with Gasteiger partial charge in [0.15, 0.2) is 0 Å². The molecule has 1 aromatic heterocycles. The molecule has 1 saturated heterocycles. The van der Waals surface area contributed by atoms with Crippen molar-refractivity contribution in [3.05, 3.63) is 52.7 Å². The van der Waals surface area contributed by atoms with Gasteiger partial charge >= 0.3 is 0 Å². The van der Waals surface area contributed by atoms with Gasteiger partial charge in [0.1, 0.15) is 5.82 Å². The highest BCUT2D eigenvalue weighted by Gasteiger charge is 2.35. The highest BCUT2D eigenvalue weighted by Crippen LogP contribution is 2.29. The number of aromatic nitrogens is 1. The topological polar surface area (TPSA) is 62.3 Å². The van der Waals surface area contributed by atoms with Crippen LogP contribution in [0.25, 0.3) is 0 Å². The molecule has 1 fully saturated rings. The summed E-state index contributed by atoms with van der Waals surface area (Å²) in [4.78, 5) is 30.6. The van der Waals surface area contributed by atoms with Crippen molar-refractivity contribution in [1.29, 1.82) is 0 Å². The molecule has 3 rings (SSSR count). The lowest BCUT2D eigenvalue weighted by atomic mass is 10.1. The molecule has 0 radical (unpaired) electrons. The van der Waals surface area contributed by atoms with Gasteiger partial charge in [-0.1, -0.05) is 23.7 Å². The summed E-state index contributed by atoms with van der Waals surface area (Å²) in [6.07, 6.45) is 0.184. The number of rotatable bonds is 3. The molecule has 1 N–H and O–H groups in total. The summed E-state index contributed by atoms with van der Waals surface area (Å²) in [5.41, 5.74) is 2.50. The maximum Gasteiger partial charge on any atom is 0.230 e. The van der Waals surface area contributed by atoms with Gasteiger partial charge in [-0.2, -0.15) is 0 Å². The molecule has 24 heavy (non-hydrogen) atoms. The van der Waals surface area contributed by atoms with E-state index < -0.39 is 5.92 Å². The van der Waals surface area contributed by atoms with Crippen LogP contribution in [0.15, 0.2) is 36.4 Å². The lowest BCUT2D eigenvalue weighted by Gasteiger charge is -2.17. The quantitative estimate of drug-likeness (QED) is 0.929. The molecule has 0 spiro atoms. The fraction of sp³-hybridized carbons (Fsp3) is 0.278. The van der Waals surface area contributed by atoms with Crippen LogP contribution in [0.3, 0.4) is 0 Å². The van der Waals surface area contributed by atoms with E-state index in [0.717, 1.165) is 16.9 Å². The zero-order valence-electron chi connectivity index (χ0n) is 13.5. The van der Waals surface area contributed by atoms with Crippen molar-refractivity contribution < 1.29 is 9.59 Å². The molecule has 1 aliphatic heterocycles. The second-order valence-corrected chi connectivity index (χ2v) is 6.40. The number of aryl methyl sites for hydroxylation is 2. The molecular formula is C18H18ClN3O2. The third-order valence-corrected chi connectivity index (χ3v) is 4.51. The fourth-order valence-corrected chi connectivity index (χ4v) is 2.90. The number of amides is 2. The summed E-state index contributed by atoms with van der Waals surface area (Å²) in [5.74, 6) is -0.168. The summed E-state index contributed by atoms with van der Waals surface area (Å²) in [6, 6.07) is 10.9. The number of halogens is 1. The minimum atomic E-state index is -0.403. The molecule has 5 nitrogen and oxygen atoms in total. The van der Waals surface area contributed by atoms with Crippen molar-refractivity contribution in [3.63, 3.8) is 0 Å². The number of benzene rings is 1. The lowest BCUT2D eigenvalue weighted by Crippen LogP contribution is -2.28. The van der Waals surface area contributed by atoms with Gasteiger partial charge in [-0.25, -0.2) is 4.98 Å². The van der Waals surface area contributed by atoms with Crippen molar-refractivity contribution in [2.75, 3.05) is 16.8 Å². The van der Waals surface area contributed by atoms with Crippen LogP contribution < -0.4 is 10.2 Å². The Balaban J connectivity index is 1.72. The molecule has 6 heteroatoms. The maximum atomic E-state index is 12.4. The smallest absolute Gasteiger partial charge is 0.230 e. The molecule has 124 valence electrons. The van der Waals surface area contributed by atoms with Crippen LogP contribution in [0.5, 0.6) is 0 Å². The first-order valence-corrected chi connectivity index (χ1v) is 8.13. The van der Waals surface area contributed by atoms with Gasteiger partial charge in [-0.05, 0) is 43.7 Å². The van der Waals surface area contributed by atoms with Gasteiger partial charge in [0.25, 0.3) is 0 Å². The normalized spacial score (nSPS) is 17.2. The first-order valence-electron chi connectivity index (χ1n) is 7.75. The van der Waals surface area contributed by atoms with E-state index in [1.807, 2.05) is 38.1 Å². The average molecular weight is 344 g/mol. The Hall–Kier alpha value is -2.40. The van der Waals surface area contributed by atoms with Crippen LogP contribution in [0.1, 0.15) is 17.7 Å². The molecular weight excluding hydrogens is 326 g/mol. The van der Waals surface area contributed by atoms with E-state index in [9.17, 15) is 9.59 Å². The van der Waals surface area contributed by atoms with E-state index in [-0.39, 0.29) is 18.2 Å². The molecule has 1 aliphatic rings. The van der Waals surface area contributed by atoms with Gasteiger partial charge in [0, 0.05) is 29.4 Å². The molecule has 0 unspecified atom stereocenters. The number of pyridine rings is 1. The molecule has 1 aromatic carbocycles. The minimum absolute atomic E-state index is 0.0766. The number of carbonyl (C=O) groups excluding carboxylic acids is 2. The first-order chi connectivity index (χ1) is 11.4. The summed E-state index contributed by atoms with van der Waals surface area (Å²) in [5, 5.41) is 3.39. The number of carbonyl (C=O) groups is 2. The van der Waals surface area contributed by atoms with Gasteiger partial charge in [-0.15, -0.1) is 0 Å². The Morgan fingerprint density at radius 1 is 1.29 bits per heavy atom. The number of anilines is 2. The monoisotopic (exact) mass is 343 g/mol. The van der Waals surface area contributed by atoms with E-state index in [1.165, 1.54) is 0 Å². The second-order valence-electron chi connectivity index (χ2n) is 5.99. The third-order valence-electron chi connectivity index (χ3n) is 4.10. The Morgan fingerprint density at radius 3 is 2.79 bits per heavy atom. The van der Waals surface area contributed by atoms with E-state index in [4.69, 9.17) is 11.6 Å². The lowest BCUT2D eigenvalue weighted by molar-refractivity contribution is -0.122. The molecule has 1 atom stereocenters. The SMILES string of the molecule is Cc1cccc(NC(=O)[C@@H]2CC(=O)N(c3ccc(C)c(Cl)c3)C2)n1. The van der Waals surface area contributed by atoms with Crippen molar-refractivity contribution in [2.45, 2.75) is 20.3 Å². The summed E-state index contributed by atoms with van der Waals surface area (Å²) < 4.78 is 0. The number of hydrogen-bond acceptors (Lipinski definition) is 3. The Labute approximate surface area is 145 Å². The highest BCUT2D eigenvalue weighted by molar-refractivity contribution is 6.31. The average Bonchev–Trinajstić information content (AvgIpc) is 2.92. The molecule has 0 aliphatic carbocycles. The number of nitrogens with one attached hydrogen (secondary N) is 1. The number of nitrogens with zero attached hydrogens (tertiary/aromatic N) is 2. The summed E-state index contributed by atoms with van der Waals surface area (Å²) in [7, 11) is 0. The van der Waals surface area contributed by atoms with Gasteiger partial charge in [0.2, 0.25) is 11.8 Å². The van der Waals surface area contributed by atoms with Gasteiger partial charge in [0.05, 0.1) is 5.92 Å². The van der Waals surface area contributed by atoms with Gasteiger partial charge in [-0.3, -0.25) is 9.59 Å². The zero-order valence-corrected chi connectivity index (χ0v) is 14.3. The highest BCUT2D eigenvalue weighted by atomic mass is 35.5. The maximum absolute atomic E-state index is 12.4. The minimum Gasteiger partial charge on any atom is -0.312 e. The van der Waals surface area contributed by atoms with Crippen molar-refractivity contribution >= 4 is 34.9 Å². The largest absolute Gasteiger partial charge is 0.312 e. The van der Waals surface area contributed by atoms with Crippen LogP contribution in [-0.2, 0) is 9.59 Å². The molecule has 0 bridgehead atoms. The molecule has 2 aromatic rings. The van der Waals surface area contributed by atoms with Gasteiger partial charge < -0.3 is 10.2 Å². The van der Waals surface area contributed by atoms with Crippen LogP contribution in [0, 0.1) is 19.8 Å². The van der Waals surface area contributed by atoms with E-state index >= 15 is 0 Å². The molecule has 2 amide bonds. The Bertz CT molecular complexity index is 807. The molecule has 0 saturated carbocycles. The fourth-order valence-electron chi connectivity index (χ4n) is 2.72. The van der Waals surface area contributed by atoms with E-state index in [0.29, 0.717) is 17.4 Å². The molecule has 2 heterocycles. The van der Waals surface area contributed by atoms with E-state index in [1.54, 1.807) is 17.0 Å². The zero-order chi connectivity index (χ0) is 17.3. The standard InChI is InChI=1S/C18H18ClN3O2/c1-11-6-7-14(9-15(11)19)22-10-13(8-17(22)23)18(24)21-16-5-3-4-12(2)20-16/h3-7,9,13H,8,10H2,1-2H3,(H,20,21,24)/t13-/m1/s1. The first kappa shape index (κ1) is 16.5. The van der Waals surface area contributed by atoms with Crippen molar-refractivity contribution in [3.8, 4) is 0 Å². The second kappa shape index (κ2) is 6.61. The van der Waals surface area contributed by atoms with Crippen LogP contribution in [0.4, 0.5) is 11.5 Å². The predicted octanol–water partition coefficient (Wildman–Crippen LogP) is 3.34. The Kier molecular flexibility index (Phi) is 4.53. The van der Waals surface area contributed by atoms with Crippen molar-refractivity contribution in [1.82, 2.24) is 4.98 Å². The summed E-state index contributed by atoms with van der Waals surface area (Å²) in [6.45, 7) is 4.11.